The lowest BCUT2D eigenvalue weighted by atomic mass is 9.99. The summed E-state index contributed by atoms with van der Waals surface area (Å²) in [4.78, 5) is 38.0. The third-order valence-corrected chi connectivity index (χ3v) is 4.76. The van der Waals surface area contributed by atoms with Gasteiger partial charge in [-0.3, -0.25) is 9.59 Å². The Hall–Kier alpha value is -2.37. The fourth-order valence-corrected chi connectivity index (χ4v) is 3.03. The van der Waals surface area contributed by atoms with Gasteiger partial charge in [-0.05, 0) is 37.0 Å². The molecule has 1 aromatic carbocycles. The molecule has 2 rings (SSSR count). The molecular weight excluding hydrogens is 332 g/mol. The first kappa shape index (κ1) is 19.9. The predicted octanol–water partition coefficient (Wildman–Crippen LogP) is 2.45. The van der Waals surface area contributed by atoms with E-state index in [4.69, 9.17) is 4.74 Å². The zero-order valence-corrected chi connectivity index (χ0v) is 15.8. The fourth-order valence-electron chi connectivity index (χ4n) is 3.03. The molecule has 0 bridgehead atoms. The van der Waals surface area contributed by atoms with Crippen LogP contribution in [-0.4, -0.2) is 37.0 Å². The fraction of sp³-hybridized carbons (Fsp3) is 0.550. The van der Waals surface area contributed by atoms with Crippen molar-refractivity contribution in [1.82, 2.24) is 5.32 Å². The molecular formula is C20H28N2O4. The smallest absolute Gasteiger partial charge is 0.328 e. The molecule has 0 saturated carbocycles. The number of carbonyl (C=O) groups is 3. The first-order valence-corrected chi connectivity index (χ1v) is 9.31. The molecule has 6 nitrogen and oxygen atoms in total. The lowest BCUT2D eigenvalue weighted by molar-refractivity contribution is -0.148. The number of esters is 1. The van der Waals surface area contributed by atoms with Crippen LogP contribution in [0.4, 0.5) is 5.69 Å². The molecule has 0 unspecified atom stereocenters. The maximum absolute atomic E-state index is 12.4. The minimum Gasteiger partial charge on any atom is -0.464 e. The number of carbonyl (C=O) groups excluding carboxylic acids is 3. The first-order chi connectivity index (χ1) is 12.5. The van der Waals surface area contributed by atoms with Gasteiger partial charge in [-0.2, -0.15) is 0 Å². The van der Waals surface area contributed by atoms with Gasteiger partial charge in [-0.1, -0.05) is 32.4 Å². The van der Waals surface area contributed by atoms with E-state index in [0.29, 0.717) is 13.0 Å². The van der Waals surface area contributed by atoms with Crippen molar-refractivity contribution in [3.8, 4) is 0 Å². The highest BCUT2D eigenvalue weighted by atomic mass is 16.5. The van der Waals surface area contributed by atoms with Crippen molar-refractivity contribution in [2.75, 3.05) is 18.1 Å². The van der Waals surface area contributed by atoms with Gasteiger partial charge in [-0.15, -0.1) is 0 Å². The van der Waals surface area contributed by atoms with Gasteiger partial charge in [0.25, 0.3) is 0 Å². The lowest BCUT2D eigenvalue weighted by Crippen LogP contribution is -2.46. The average Bonchev–Trinajstić information content (AvgIpc) is 3.06. The van der Waals surface area contributed by atoms with E-state index in [0.717, 1.165) is 30.6 Å². The van der Waals surface area contributed by atoms with Gasteiger partial charge >= 0.3 is 5.97 Å². The van der Waals surface area contributed by atoms with Crippen molar-refractivity contribution in [2.45, 2.75) is 52.5 Å². The molecule has 0 spiro atoms. The zero-order valence-electron chi connectivity index (χ0n) is 15.8. The molecule has 0 aliphatic carbocycles. The highest BCUT2D eigenvalue weighted by molar-refractivity contribution is 5.95. The molecule has 1 N–H and O–H groups in total. The minimum absolute atomic E-state index is 0.00144. The topological polar surface area (TPSA) is 75.7 Å². The summed E-state index contributed by atoms with van der Waals surface area (Å²) in [6, 6.07) is 6.80. The van der Waals surface area contributed by atoms with Gasteiger partial charge < -0.3 is 15.0 Å². The van der Waals surface area contributed by atoms with Crippen molar-refractivity contribution in [3.63, 3.8) is 0 Å². The van der Waals surface area contributed by atoms with E-state index >= 15 is 0 Å². The van der Waals surface area contributed by atoms with Crippen LogP contribution in [0.15, 0.2) is 24.3 Å². The number of hydrogen-bond donors (Lipinski definition) is 1. The predicted molar refractivity (Wildman–Crippen MR) is 99.8 cm³/mol. The van der Waals surface area contributed by atoms with Crippen LogP contribution >= 0.6 is 0 Å². The standard InChI is InChI=1S/C20H28N2O4/c1-4-14(3)19(20(25)26-5-2)21-17(23)13-15-8-10-16(11-9-15)22-12-6-7-18(22)24/h8-11,14,19H,4-7,12-13H2,1-3H3,(H,21,23)/t14-,19+/m1/s1. The van der Waals surface area contributed by atoms with Crippen LogP contribution in [0.1, 0.15) is 45.6 Å². The van der Waals surface area contributed by atoms with Crippen molar-refractivity contribution >= 4 is 23.5 Å². The van der Waals surface area contributed by atoms with E-state index in [9.17, 15) is 14.4 Å². The van der Waals surface area contributed by atoms with Crippen LogP contribution in [-0.2, 0) is 25.5 Å². The average molecular weight is 360 g/mol. The number of anilines is 1. The zero-order chi connectivity index (χ0) is 19.1. The number of benzene rings is 1. The highest BCUT2D eigenvalue weighted by Crippen LogP contribution is 2.21. The molecule has 0 radical (unpaired) electrons. The Bertz CT molecular complexity index is 642. The second-order valence-corrected chi connectivity index (χ2v) is 6.67. The molecule has 142 valence electrons. The number of rotatable bonds is 8. The summed E-state index contributed by atoms with van der Waals surface area (Å²) in [5.74, 6) is -0.464. The van der Waals surface area contributed by atoms with E-state index in [2.05, 4.69) is 5.32 Å². The molecule has 1 aliphatic rings. The molecule has 6 heteroatoms. The molecule has 0 aromatic heterocycles. The third kappa shape index (κ3) is 5.07. The molecule has 1 heterocycles. The van der Waals surface area contributed by atoms with Crippen molar-refractivity contribution < 1.29 is 19.1 Å². The van der Waals surface area contributed by atoms with E-state index in [1.165, 1.54) is 0 Å². The third-order valence-electron chi connectivity index (χ3n) is 4.76. The number of amides is 2. The summed E-state index contributed by atoms with van der Waals surface area (Å²) in [6.45, 7) is 6.68. The van der Waals surface area contributed by atoms with E-state index in [-0.39, 0.29) is 24.2 Å². The van der Waals surface area contributed by atoms with Crippen LogP contribution in [0.3, 0.4) is 0 Å². The number of nitrogens with one attached hydrogen (secondary N) is 1. The maximum atomic E-state index is 12.4. The molecule has 1 aliphatic heterocycles. The second-order valence-electron chi connectivity index (χ2n) is 6.67. The summed E-state index contributed by atoms with van der Waals surface area (Å²) in [5.41, 5.74) is 1.70. The maximum Gasteiger partial charge on any atom is 0.328 e. The number of nitrogens with zero attached hydrogens (tertiary/aromatic N) is 1. The molecule has 1 fully saturated rings. The molecule has 1 saturated heterocycles. The minimum atomic E-state index is -0.631. The molecule has 2 atom stereocenters. The number of hydrogen-bond acceptors (Lipinski definition) is 4. The first-order valence-electron chi connectivity index (χ1n) is 9.31. The molecule has 2 amide bonds. The van der Waals surface area contributed by atoms with Crippen LogP contribution in [0.25, 0.3) is 0 Å². The summed E-state index contributed by atoms with van der Waals surface area (Å²) in [7, 11) is 0. The van der Waals surface area contributed by atoms with Crippen LogP contribution < -0.4 is 10.2 Å². The Morgan fingerprint density at radius 1 is 1.23 bits per heavy atom. The summed E-state index contributed by atoms with van der Waals surface area (Å²) < 4.78 is 5.07. The van der Waals surface area contributed by atoms with Crippen LogP contribution in [0, 0.1) is 5.92 Å². The van der Waals surface area contributed by atoms with Crippen LogP contribution in [0.5, 0.6) is 0 Å². The van der Waals surface area contributed by atoms with Crippen molar-refractivity contribution in [2.24, 2.45) is 5.92 Å². The summed E-state index contributed by atoms with van der Waals surface area (Å²) in [6.07, 6.45) is 2.42. The summed E-state index contributed by atoms with van der Waals surface area (Å²) >= 11 is 0. The Morgan fingerprint density at radius 2 is 1.92 bits per heavy atom. The van der Waals surface area contributed by atoms with E-state index in [1.807, 2.05) is 38.1 Å². The van der Waals surface area contributed by atoms with Crippen LogP contribution in [0.2, 0.25) is 0 Å². The van der Waals surface area contributed by atoms with Gasteiger partial charge in [0.2, 0.25) is 11.8 Å². The van der Waals surface area contributed by atoms with Gasteiger partial charge in [0.05, 0.1) is 13.0 Å². The largest absolute Gasteiger partial charge is 0.464 e. The monoisotopic (exact) mass is 360 g/mol. The van der Waals surface area contributed by atoms with Crippen molar-refractivity contribution in [1.29, 1.82) is 0 Å². The van der Waals surface area contributed by atoms with E-state index in [1.54, 1.807) is 11.8 Å². The van der Waals surface area contributed by atoms with E-state index < -0.39 is 12.0 Å². The Kier molecular flexibility index (Phi) is 7.18. The van der Waals surface area contributed by atoms with Gasteiger partial charge in [0.15, 0.2) is 0 Å². The lowest BCUT2D eigenvalue weighted by Gasteiger charge is -2.22. The Balaban J connectivity index is 1.97. The number of ether oxygens (including phenoxy) is 1. The highest BCUT2D eigenvalue weighted by Gasteiger charge is 2.27. The Morgan fingerprint density at radius 3 is 2.46 bits per heavy atom. The van der Waals surface area contributed by atoms with Gasteiger partial charge in [0, 0.05) is 18.7 Å². The normalized spacial score (nSPS) is 16.3. The quantitative estimate of drug-likeness (QED) is 0.723. The molecule has 26 heavy (non-hydrogen) atoms. The molecule has 1 aromatic rings. The van der Waals surface area contributed by atoms with Crippen molar-refractivity contribution in [3.05, 3.63) is 29.8 Å². The second kappa shape index (κ2) is 9.36. The Labute approximate surface area is 154 Å². The SMILES string of the molecule is CCOC(=O)[C@@H](NC(=O)Cc1ccc(N2CCCC2=O)cc1)[C@H](C)CC. The van der Waals surface area contributed by atoms with Gasteiger partial charge in [0.1, 0.15) is 6.04 Å². The summed E-state index contributed by atoms with van der Waals surface area (Å²) in [5, 5.41) is 2.80. The van der Waals surface area contributed by atoms with Gasteiger partial charge in [-0.25, -0.2) is 4.79 Å².